The van der Waals surface area contributed by atoms with Crippen LogP contribution in [0.15, 0.2) is 48.5 Å². The van der Waals surface area contributed by atoms with Crippen molar-refractivity contribution in [1.29, 1.82) is 0 Å². The van der Waals surface area contributed by atoms with Gasteiger partial charge in [-0.3, -0.25) is 4.79 Å². The van der Waals surface area contributed by atoms with Crippen LogP contribution in [0, 0.1) is 18.6 Å². The zero-order valence-corrected chi connectivity index (χ0v) is 16.1. The van der Waals surface area contributed by atoms with Crippen molar-refractivity contribution in [3.63, 3.8) is 0 Å². The minimum atomic E-state index is -0.739. The largest absolute Gasteiger partial charge is 0.370 e. The number of hydrogen-bond acceptors (Lipinski definition) is 5. The number of carbonyl (C=O) groups is 1. The average molecular weight is 397 g/mol. The quantitative estimate of drug-likeness (QED) is 0.550. The lowest BCUT2D eigenvalue weighted by Gasteiger charge is -2.10. The third kappa shape index (κ3) is 5.71. The maximum atomic E-state index is 13.7. The lowest BCUT2D eigenvalue weighted by atomic mass is 10.1. The number of halogens is 2. The van der Waals surface area contributed by atoms with Crippen LogP contribution in [0.1, 0.15) is 18.3 Å². The van der Waals surface area contributed by atoms with Crippen molar-refractivity contribution in [1.82, 2.24) is 9.97 Å². The van der Waals surface area contributed by atoms with Crippen LogP contribution in [0.25, 0.3) is 0 Å². The maximum Gasteiger partial charge on any atom is 0.228 e. The van der Waals surface area contributed by atoms with Crippen LogP contribution in [0.2, 0.25) is 0 Å². The SMILES string of the molecule is CCNc1cc(Nc2ccc(NC(=O)Cc3ccc(F)cc3F)cc2)nc(C)n1. The summed E-state index contributed by atoms with van der Waals surface area (Å²) < 4.78 is 26.6. The summed E-state index contributed by atoms with van der Waals surface area (Å²) in [4.78, 5) is 20.8. The molecular formula is C21H21F2N5O. The molecule has 0 saturated carbocycles. The van der Waals surface area contributed by atoms with E-state index >= 15 is 0 Å². The van der Waals surface area contributed by atoms with Crippen LogP contribution in [-0.2, 0) is 11.2 Å². The highest BCUT2D eigenvalue weighted by atomic mass is 19.1. The molecule has 0 atom stereocenters. The summed E-state index contributed by atoms with van der Waals surface area (Å²) in [5.74, 6) is 0.222. The molecule has 0 aliphatic carbocycles. The number of aryl methyl sites for hydroxylation is 1. The molecule has 1 aromatic heterocycles. The van der Waals surface area contributed by atoms with Gasteiger partial charge in [-0.2, -0.15) is 0 Å². The number of rotatable bonds is 7. The number of amides is 1. The Labute approximate surface area is 167 Å². The fourth-order valence-corrected chi connectivity index (χ4v) is 2.73. The first-order chi connectivity index (χ1) is 13.9. The van der Waals surface area contributed by atoms with Crippen molar-refractivity contribution < 1.29 is 13.6 Å². The third-order valence-electron chi connectivity index (χ3n) is 4.00. The van der Waals surface area contributed by atoms with Crippen LogP contribution < -0.4 is 16.0 Å². The number of aromatic nitrogens is 2. The van der Waals surface area contributed by atoms with E-state index in [1.165, 1.54) is 6.07 Å². The normalized spacial score (nSPS) is 10.5. The molecule has 0 spiro atoms. The van der Waals surface area contributed by atoms with E-state index in [2.05, 4.69) is 25.9 Å². The fourth-order valence-electron chi connectivity index (χ4n) is 2.73. The molecule has 3 aromatic rings. The topological polar surface area (TPSA) is 78.9 Å². The second-order valence-corrected chi connectivity index (χ2v) is 6.38. The first-order valence-corrected chi connectivity index (χ1v) is 9.13. The predicted octanol–water partition coefficient (Wildman–Crippen LogP) is 4.42. The van der Waals surface area contributed by atoms with Crippen molar-refractivity contribution in [2.24, 2.45) is 0 Å². The predicted molar refractivity (Wildman–Crippen MR) is 109 cm³/mol. The Balaban J connectivity index is 1.62. The van der Waals surface area contributed by atoms with Crippen molar-refractivity contribution in [3.8, 4) is 0 Å². The zero-order chi connectivity index (χ0) is 20.8. The van der Waals surface area contributed by atoms with Crippen molar-refractivity contribution in [2.75, 3.05) is 22.5 Å². The molecule has 0 fully saturated rings. The molecule has 150 valence electrons. The van der Waals surface area contributed by atoms with Gasteiger partial charge in [0.1, 0.15) is 29.1 Å². The summed E-state index contributed by atoms with van der Waals surface area (Å²) in [6.07, 6.45) is -0.181. The molecule has 29 heavy (non-hydrogen) atoms. The van der Waals surface area contributed by atoms with Crippen LogP contribution in [-0.4, -0.2) is 22.4 Å². The smallest absolute Gasteiger partial charge is 0.228 e. The maximum absolute atomic E-state index is 13.7. The number of benzene rings is 2. The Morgan fingerprint density at radius 1 is 0.966 bits per heavy atom. The van der Waals surface area contributed by atoms with Gasteiger partial charge in [-0.05, 0) is 49.7 Å². The second kappa shape index (κ2) is 9.09. The van der Waals surface area contributed by atoms with Gasteiger partial charge in [-0.1, -0.05) is 6.07 Å². The summed E-state index contributed by atoms with van der Waals surface area (Å²) in [5.41, 5.74) is 1.49. The van der Waals surface area contributed by atoms with Gasteiger partial charge in [0.15, 0.2) is 0 Å². The Kier molecular flexibility index (Phi) is 6.33. The van der Waals surface area contributed by atoms with Gasteiger partial charge in [-0.15, -0.1) is 0 Å². The number of nitrogens with one attached hydrogen (secondary N) is 3. The molecule has 0 aliphatic heterocycles. The molecule has 0 radical (unpaired) electrons. The lowest BCUT2D eigenvalue weighted by molar-refractivity contribution is -0.115. The highest BCUT2D eigenvalue weighted by Crippen LogP contribution is 2.20. The first-order valence-electron chi connectivity index (χ1n) is 9.13. The molecule has 0 aliphatic rings. The number of nitrogens with zero attached hydrogens (tertiary/aromatic N) is 2. The molecule has 0 saturated heterocycles. The molecule has 0 bridgehead atoms. The zero-order valence-electron chi connectivity index (χ0n) is 16.1. The first kappa shape index (κ1) is 20.2. The summed E-state index contributed by atoms with van der Waals surface area (Å²) in [6, 6.07) is 12.0. The monoisotopic (exact) mass is 397 g/mol. The van der Waals surface area contributed by atoms with Crippen molar-refractivity contribution >= 4 is 28.9 Å². The second-order valence-electron chi connectivity index (χ2n) is 6.38. The Morgan fingerprint density at radius 2 is 1.66 bits per heavy atom. The van der Waals surface area contributed by atoms with Crippen molar-refractivity contribution in [2.45, 2.75) is 20.3 Å². The Bertz CT molecular complexity index is 1010. The van der Waals surface area contributed by atoms with Gasteiger partial charge in [0.05, 0.1) is 6.42 Å². The van der Waals surface area contributed by atoms with E-state index in [9.17, 15) is 13.6 Å². The summed E-state index contributed by atoms with van der Waals surface area (Å²) in [7, 11) is 0. The van der Waals surface area contributed by atoms with Crippen LogP contribution in [0.5, 0.6) is 0 Å². The Morgan fingerprint density at radius 3 is 2.34 bits per heavy atom. The molecule has 3 N–H and O–H groups in total. The fraction of sp³-hybridized carbons (Fsp3) is 0.190. The van der Waals surface area contributed by atoms with E-state index in [0.29, 0.717) is 17.3 Å². The summed E-state index contributed by atoms with van der Waals surface area (Å²) >= 11 is 0. The van der Waals surface area contributed by atoms with Gasteiger partial charge in [-0.25, -0.2) is 18.7 Å². The number of anilines is 4. The van der Waals surface area contributed by atoms with E-state index < -0.39 is 17.5 Å². The molecule has 2 aromatic carbocycles. The van der Waals surface area contributed by atoms with Gasteiger partial charge in [0.2, 0.25) is 5.91 Å². The van der Waals surface area contributed by atoms with Crippen LogP contribution in [0.4, 0.5) is 31.8 Å². The molecule has 6 nitrogen and oxygen atoms in total. The molecule has 1 amide bonds. The van der Waals surface area contributed by atoms with Gasteiger partial charge in [0, 0.05) is 30.1 Å². The minimum Gasteiger partial charge on any atom is -0.370 e. The average Bonchev–Trinajstić information content (AvgIpc) is 2.65. The third-order valence-corrected chi connectivity index (χ3v) is 4.00. The molecule has 1 heterocycles. The highest BCUT2D eigenvalue weighted by Gasteiger charge is 2.10. The molecule has 0 unspecified atom stereocenters. The van der Waals surface area contributed by atoms with Crippen LogP contribution in [0.3, 0.4) is 0 Å². The summed E-state index contributed by atoms with van der Waals surface area (Å²) in [6.45, 7) is 4.56. The van der Waals surface area contributed by atoms with E-state index in [1.54, 1.807) is 24.3 Å². The van der Waals surface area contributed by atoms with Gasteiger partial charge in [0.25, 0.3) is 0 Å². The molecule has 8 heteroatoms. The Hall–Kier alpha value is -3.55. The summed E-state index contributed by atoms with van der Waals surface area (Å²) in [5, 5.41) is 9.03. The van der Waals surface area contributed by atoms with Gasteiger partial charge >= 0.3 is 0 Å². The van der Waals surface area contributed by atoms with Gasteiger partial charge < -0.3 is 16.0 Å². The molecule has 3 rings (SSSR count). The highest BCUT2D eigenvalue weighted by molar-refractivity contribution is 5.92. The van der Waals surface area contributed by atoms with E-state index in [4.69, 9.17) is 0 Å². The molecular weight excluding hydrogens is 376 g/mol. The van der Waals surface area contributed by atoms with E-state index in [-0.39, 0.29) is 12.0 Å². The van der Waals surface area contributed by atoms with Crippen LogP contribution >= 0.6 is 0 Å². The van der Waals surface area contributed by atoms with Crippen molar-refractivity contribution in [3.05, 3.63) is 71.6 Å². The standard InChI is InChI=1S/C21H21F2N5O/c1-3-24-19-12-20(26-13(2)25-19)27-16-6-8-17(9-7-16)28-21(29)10-14-4-5-15(22)11-18(14)23/h4-9,11-12H,3,10H2,1-2H3,(H,28,29)(H2,24,25,26,27). The number of carbonyl (C=O) groups excluding carboxylic acids is 1. The minimum absolute atomic E-state index is 0.137. The van der Waals surface area contributed by atoms with E-state index in [1.807, 2.05) is 19.9 Å². The lowest BCUT2D eigenvalue weighted by Crippen LogP contribution is -2.15. The number of hydrogen-bond donors (Lipinski definition) is 3. The van der Waals surface area contributed by atoms with E-state index in [0.717, 1.165) is 30.2 Å².